The lowest BCUT2D eigenvalue weighted by Gasteiger charge is -2.30. The summed E-state index contributed by atoms with van der Waals surface area (Å²) >= 11 is 0. The second-order valence-electron chi connectivity index (χ2n) is 3.42. The number of fused-ring (bicyclic) bond motifs is 1. The van der Waals surface area contributed by atoms with Crippen LogP contribution in [0.15, 0.2) is 0 Å². The summed E-state index contributed by atoms with van der Waals surface area (Å²) in [7, 11) is 0. The molecule has 0 saturated carbocycles. The molecular weight excluding hydrogens is 212 g/mol. The van der Waals surface area contributed by atoms with E-state index in [0.717, 1.165) is 0 Å². The van der Waals surface area contributed by atoms with Gasteiger partial charge in [0.15, 0.2) is 12.9 Å². The van der Waals surface area contributed by atoms with Crippen LogP contribution in [0.2, 0.25) is 0 Å². The van der Waals surface area contributed by atoms with Gasteiger partial charge in [-0.2, -0.15) is 0 Å². The van der Waals surface area contributed by atoms with E-state index < -0.39 is 37.2 Å². The van der Waals surface area contributed by atoms with Crippen molar-refractivity contribution in [1.29, 1.82) is 0 Å². The van der Waals surface area contributed by atoms with Crippen molar-refractivity contribution in [1.82, 2.24) is 0 Å². The molecule has 0 aromatic heterocycles. The molecule has 0 spiro atoms. The predicted molar refractivity (Wildman–Crippen MR) is 41.2 cm³/mol. The van der Waals surface area contributed by atoms with Crippen molar-refractivity contribution in [2.75, 3.05) is 13.4 Å². The molecule has 0 bridgehead atoms. The van der Waals surface area contributed by atoms with Gasteiger partial charge in [0.2, 0.25) is 0 Å². The van der Waals surface area contributed by atoms with Gasteiger partial charge in [0, 0.05) is 0 Å². The zero-order valence-electron chi connectivity index (χ0n) is 7.65. The van der Waals surface area contributed by atoms with Crippen molar-refractivity contribution in [2.45, 2.75) is 30.4 Å². The van der Waals surface area contributed by atoms with Gasteiger partial charge in [0.1, 0.15) is 18.3 Å². The minimum absolute atomic E-state index is 0.156. The Kier molecular flexibility index (Phi) is 2.92. The maximum absolute atomic E-state index is 9.50. The quantitative estimate of drug-likeness (QED) is 0.137. The molecular formula is C7H12O8. The number of aliphatic hydroxyl groups is 3. The highest BCUT2D eigenvalue weighted by Gasteiger charge is 2.68. The average molecular weight is 224 g/mol. The molecule has 8 heteroatoms. The highest BCUT2D eigenvalue weighted by molar-refractivity contribution is 5.01. The number of epoxide rings is 1. The topological polar surface area (TPSA) is 121 Å². The minimum Gasteiger partial charge on any atom is -0.387 e. The molecule has 0 aliphatic carbocycles. The summed E-state index contributed by atoms with van der Waals surface area (Å²) in [6.45, 7) is -0.553. The highest BCUT2D eigenvalue weighted by Crippen LogP contribution is 2.44. The van der Waals surface area contributed by atoms with E-state index in [0.29, 0.717) is 0 Å². The molecule has 2 heterocycles. The lowest BCUT2D eigenvalue weighted by atomic mass is 10.0. The Labute approximate surface area is 84.5 Å². The number of hydrogen-bond donors (Lipinski definition) is 4. The Bertz CT molecular complexity index is 235. The summed E-state index contributed by atoms with van der Waals surface area (Å²) in [5.74, 6) is -1.83. The monoisotopic (exact) mass is 224 g/mol. The molecule has 2 saturated heterocycles. The first kappa shape index (κ1) is 11.2. The third kappa shape index (κ3) is 1.98. The van der Waals surface area contributed by atoms with E-state index in [2.05, 4.69) is 9.62 Å². The van der Waals surface area contributed by atoms with Gasteiger partial charge in [-0.1, -0.05) is 0 Å². The number of rotatable bonds is 4. The van der Waals surface area contributed by atoms with Crippen molar-refractivity contribution in [3.8, 4) is 0 Å². The van der Waals surface area contributed by atoms with Gasteiger partial charge in [-0.3, -0.25) is 0 Å². The SMILES string of the molecule is OOCOCC1OC2(O)OC2C(O)C1O. The zero-order valence-corrected chi connectivity index (χ0v) is 7.65. The second-order valence-corrected chi connectivity index (χ2v) is 3.42. The molecule has 88 valence electrons. The second kappa shape index (κ2) is 3.92. The summed E-state index contributed by atoms with van der Waals surface area (Å²) in [5.41, 5.74) is 0. The minimum atomic E-state index is -1.83. The first-order valence-electron chi connectivity index (χ1n) is 4.37. The number of aliphatic hydroxyl groups excluding tert-OH is 2. The lowest BCUT2D eigenvalue weighted by Crippen LogP contribution is -2.53. The van der Waals surface area contributed by atoms with E-state index in [9.17, 15) is 15.3 Å². The van der Waals surface area contributed by atoms with Crippen LogP contribution in [0.3, 0.4) is 0 Å². The third-order valence-corrected chi connectivity index (χ3v) is 2.38. The highest BCUT2D eigenvalue weighted by atomic mass is 17.1. The normalized spacial score (nSPS) is 48.8. The van der Waals surface area contributed by atoms with E-state index in [1.165, 1.54) is 0 Å². The Morgan fingerprint density at radius 2 is 1.93 bits per heavy atom. The Morgan fingerprint density at radius 3 is 2.60 bits per heavy atom. The zero-order chi connectivity index (χ0) is 11.1. The van der Waals surface area contributed by atoms with Gasteiger partial charge in [0.25, 0.3) is 0 Å². The van der Waals surface area contributed by atoms with Gasteiger partial charge < -0.3 is 29.5 Å². The van der Waals surface area contributed by atoms with Crippen LogP contribution in [0.4, 0.5) is 0 Å². The van der Waals surface area contributed by atoms with Crippen molar-refractivity contribution in [3.05, 3.63) is 0 Å². The van der Waals surface area contributed by atoms with Gasteiger partial charge >= 0.3 is 5.97 Å². The molecule has 2 fully saturated rings. The van der Waals surface area contributed by atoms with Crippen molar-refractivity contribution in [2.24, 2.45) is 0 Å². The Balaban J connectivity index is 1.88. The number of hydrogen-bond acceptors (Lipinski definition) is 8. The van der Waals surface area contributed by atoms with Crippen molar-refractivity contribution in [3.63, 3.8) is 0 Å². The fraction of sp³-hybridized carbons (Fsp3) is 1.00. The molecule has 4 N–H and O–H groups in total. The maximum atomic E-state index is 9.50. The molecule has 5 atom stereocenters. The van der Waals surface area contributed by atoms with Gasteiger partial charge in [0.05, 0.1) is 6.61 Å². The molecule has 15 heavy (non-hydrogen) atoms. The molecule has 0 aromatic carbocycles. The van der Waals surface area contributed by atoms with Gasteiger partial charge in [-0.25, -0.2) is 10.1 Å². The van der Waals surface area contributed by atoms with Crippen molar-refractivity contribution >= 4 is 0 Å². The van der Waals surface area contributed by atoms with Gasteiger partial charge in [-0.15, -0.1) is 0 Å². The summed E-state index contributed by atoms with van der Waals surface area (Å²) in [4.78, 5) is 3.64. The van der Waals surface area contributed by atoms with Gasteiger partial charge in [-0.05, 0) is 0 Å². The van der Waals surface area contributed by atoms with E-state index in [4.69, 9.17) is 14.7 Å². The molecule has 2 rings (SSSR count). The van der Waals surface area contributed by atoms with Crippen molar-refractivity contribution < 1.29 is 39.7 Å². The van der Waals surface area contributed by atoms with E-state index in [1.807, 2.05) is 0 Å². The average Bonchev–Trinajstić information content (AvgIpc) is 2.87. The summed E-state index contributed by atoms with van der Waals surface area (Å²) in [6, 6.07) is 0. The molecule has 0 aromatic rings. The first-order chi connectivity index (χ1) is 7.08. The van der Waals surface area contributed by atoms with Crippen LogP contribution in [0.5, 0.6) is 0 Å². The standard InChI is InChI=1S/C7H12O8/c8-4-3(1-12-2-13-11)14-7(10)6(15-7)5(4)9/h3-6,8-11H,1-2H2. The third-order valence-electron chi connectivity index (χ3n) is 2.38. The molecule has 8 nitrogen and oxygen atoms in total. The van der Waals surface area contributed by atoms with E-state index in [1.54, 1.807) is 0 Å². The lowest BCUT2D eigenvalue weighted by molar-refractivity contribution is -0.313. The largest absolute Gasteiger partial charge is 0.387 e. The molecule has 2 aliphatic rings. The Hall–Kier alpha value is -0.320. The predicted octanol–water partition coefficient (Wildman–Crippen LogP) is -2.38. The molecule has 0 amide bonds. The van der Waals surface area contributed by atoms with Crippen LogP contribution in [0.25, 0.3) is 0 Å². The fourth-order valence-electron chi connectivity index (χ4n) is 1.55. The molecule has 0 radical (unpaired) electrons. The van der Waals surface area contributed by atoms with Crippen LogP contribution >= 0.6 is 0 Å². The summed E-state index contributed by atoms with van der Waals surface area (Å²) in [5, 5.41) is 36.3. The number of ether oxygens (including phenoxy) is 3. The van der Waals surface area contributed by atoms with E-state index >= 15 is 0 Å². The molecule has 2 aliphatic heterocycles. The van der Waals surface area contributed by atoms with Crippen LogP contribution in [0.1, 0.15) is 0 Å². The van der Waals surface area contributed by atoms with Crippen LogP contribution in [-0.2, 0) is 19.1 Å². The summed E-state index contributed by atoms with van der Waals surface area (Å²) in [6.07, 6.45) is -4.32. The van der Waals surface area contributed by atoms with Crippen LogP contribution in [-0.4, -0.2) is 64.4 Å². The van der Waals surface area contributed by atoms with E-state index in [-0.39, 0.29) is 6.61 Å². The fourth-order valence-corrected chi connectivity index (χ4v) is 1.55. The first-order valence-corrected chi connectivity index (χ1v) is 4.37. The maximum Gasteiger partial charge on any atom is 0.312 e. The summed E-state index contributed by atoms with van der Waals surface area (Å²) < 4.78 is 14.3. The van der Waals surface area contributed by atoms with Crippen LogP contribution in [0, 0.1) is 0 Å². The smallest absolute Gasteiger partial charge is 0.312 e. The molecule has 5 unspecified atom stereocenters. The Morgan fingerprint density at radius 1 is 1.20 bits per heavy atom. The van der Waals surface area contributed by atoms with Crippen LogP contribution < -0.4 is 0 Å².